The number of aliphatic hydroxyl groups is 5. The molecule has 1 aliphatic heterocycles. The lowest BCUT2D eigenvalue weighted by atomic mass is 9.64. The highest BCUT2D eigenvalue weighted by Gasteiger charge is 2.84. The first-order valence-electron chi connectivity index (χ1n) is 11.9. The van der Waals surface area contributed by atoms with Crippen LogP contribution in [-0.2, 0) is 9.53 Å². The lowest BCUT2D eigenvalue weighted by Crippen LogP contribution is -2.75. The topological polar surface area (TPSA) is 179 Å². The highest BCUT2D eigenvalue weighted by atomic mass is 16.7. The lowest BCUT2D eigenvalue weighted by Gasteiger charge is -2.42. The Morgan fingerprint density at radius 3 is 1.56 bits per heavy atom. The van der Waals surface area contributed by atoms with Crippen molar-refractivity contribution in [3.05, 3.63) is 108 Å². The van der Waals surface area contributed by atoms with Crippen molar-refractivity contribution in [2.75, 3.05) is 6.61 Å². The molecule has 4 rings (SSSR count). The second-order valence-corrected chi connectivity index (χ2v) is 9.34. The van der Waals surface area contributed by atoms with Crippen molar-refractivity contribution in [2.24, 2.45) is 0 Å². The average Bonchev–Trinajstić information content (AvgIpc) is 3.17. The normalized spacial score (nSPS) is 27.9. The van der Waals surface area contributed by atoms with Gasteiger partial charge in [0.2, 0.25) is 17.2 Å². The molecule has 202 valence electrons. The number of carbonyl (C=O) groups is 4. The van der Waals surface area contributed by atoms with Crippen LogP contribution in [0, 0.1) is 0 Å². The number of benzene rings is 3. The van der Waals surface area contributed by atoms with Gasteiger partial charge in [-0.25, -0.2) is 0 Å². The van der Waals surface area contributed by atoms with Crippen LogP contribution in [0.3, 0.4) is 0 Å². The van der Waals surface area contributed by atoms with Crippen LogP contribution in [-0.4, -0.2) is 84.0 Å². The number of ketones is 4. The van der Waals surface area contributed by atoms with Crippen LogP contribution in [0.5, 0.6) is 0 Å². The molecule has 0 radical (unpaired) electrons. The number of rotatable bonds is 9. The summed E-state index contributed by atoms with van der Waals surface area (Å²) in [6.07, 6.45) is -2.72. The van der Waals surface area contributed by atoms with Crippen LogP contribution in [0.25, 0.3) is 0 Å². The van der Waals surface area contributed by atoms with Crippen molar-refractivity contribution >= 4 is 23.1 Å². The summed E-state index contributed by atoms with van der Waals surface area (Å²) >= 11 is 0. The molecule has 0 spiro atoms. The molecular weight excluding hydrogens is 508 g/mol. The quantitative estimate of drug-likeness (QED) is 0.243. The molecule has 5 atom stereocenters. The highest BCUT2D eigenvalue weighted by Crippen LogP contribution is 2.52. The van der Waals surface area contributed by atoms with E-state index in [1.54, 1.807) is 6.07 Å². The van der Waals surface area contributed by atoms with E-state index in [2.05, 4.69) is 0 Å². The Balaban J connectivity index is 2.05. The van der Waals surface area contributed by atoms with Crippen molar-refractivity contribution in [3.8, 4) is 0 Å². The van der Waals surface area contributed by atoms with Gasteiger partial charge in [-0.3, -0.25) is 19.2 Å². The molecule has 0 saturated carbocycles. The van der Waals surface area contributed by atoms with Gasteiger partial charge in [0.1, 0.15) is 6.10 Å². The Morgan fingerprint density at radius 1 is 0.744 bits per heavy atom. The maximum absolute atomic E-state index is 14.0. The van der Waals surface area contributed by atoms with E-state index in [1.165, 1.54) is 84.9 Å². The molecule has 39 heavy (non-hydrogen) atoms. The minimum absolute atomic E-state index is 0.205. The third kappa shape index (κ3) is 3.97. The first-order chi connectivity index (χ1) is 18.4. The molecule has 1 heterocycles. The molecule has 3 aromatic carbocycles. The first kappa shape index (κ1) is 28.1. The zero-order valence-electron chi connectivity index (χ0n) is 20.7. The van der Waals surface area contributed by atoms with Crippen LogP contribution in [0.2, 0.25) is 0 Å². The average molecular weight is 535 g/mol. The predicted molar refractivity (Wildman–Crippen MR) is 135 cm³/mol. The molecule has 1 unspecified atom stereocenters. The Morgan fingerprint density at radius 2 is 1.15 bits per heavy atom. The summed E-state index contributed by atoms with van der Waals surface area (Å²) in [6, 6.07) is 20.3. The summed E-state index contributed by atoms with van der Waals surface area (Å²) in [4.78, 5) is 54.2. The molecule has 1 aliphatic rings. The van der Waals surface area contributed by atoms with E-state index in [-0.39, 0.29) is 16.7 Å². The number of hydrogen-bond donors (Lipinski definition) is 5. The van der Waals surface area contributed by atoms with Crippen molar-refractivity contribution in [3.63, 3.8) is 0 Å². The van der Waals surface area contributed by atoms with Gasteiger partial charge >= 0.3 is 0 Å². The van der Waals surface area contributed by atoms with Crippen LogP contribution >= 0.6 is 0 Å². The van der Waals surface area contributed by atoms with Crippen molar-refractivity contribution in [1.82, 2.24) is 0 Å². The van der Waals surface area contributed by atoms with Crippen molar-refractivity contribution < 1.29 is 49.4 Å². The summed E-state index contributed by atoms with van der Waals surface area (Å²) in [5, 5.41) is 57.6. The number of aliphatic hydroxyl groups excluding tert-OH is 1. The monoisotopic (exact) mass is 534 g/mol. The summed E-state index contributed by atoms with van der Waals surface area (Å²) in [5.41, 5.74) is -11.6. The van der Waals surface area contributed by atoms with Gasteiger partial charge in [0.15, 0.2) is 22.8 Å². The smallest absolute Gasteiger partial charge is 0.267 e. The third-order valence-electron chi connectivity index (χ3n) is 7.04. The molecule has 1 saturated heterocycles. The van der Waals surface area contributed by atoms with E-state index < -0.39 is 58.4 Å². The Kier molecular flexibility index (Phi) is 7.21. The van der Waals surface area contributed by atoms with Crippen LogP contribution in [0.4, 0.5) is 0 Å². The second-order valence-electron chi connectivity index (χ2n) is 9.34. The molecule has 10 heteroatoms. The summed E-state index contributed by atoms with van der Waals surface area (Å²) in [7, 11) is 0. The molecule has 10 nitrogen and oxygen atoms in total. The Bertz CT molecular complexity index is 1410. The maximum atomic E-state index is 14.0. The molecular formula is C29H26O10. The number of Topliss-reactive ketones (excluding diaryl/α,β-unsaturated/α-hetero) is 4. The Labute approximate surface area is 222 Å². The van der Waals surface area contributed by atoms with E-state index in [4.69, 9.17) is 4.74 Å². The van der Waals surface area contributed by atoms with Gasteiger partial charge in [0.05, 0.1) is 6.61 Å². The highest BCUT2D eigenvalue weighted by molar-refractivity contribution is 6.17. The molecule has 3 aromatic rings. The number of hydrogen-bond acceptors (Lipinski definition) is 10. The van der Waals surface area contributed by atoms with E-state index in [9.17, 15) is 44.7 Å². The van der Waals surface area contributed by atoms with Gasteiger partial charge in [0.25, 0.3) is 5.79 Å². The summed E-state index contributed by atoms with van der Waals surface area (Å²) < 4.78 is 5.36. The fourth-order valence-electron chi connectivity index (χ4n) is 4.90. The molecule has 5 N–H and O–H groups in total. The minimum Gasteiger partial charge on any atom is -0.393 e. The first-order valence-corrected chi connectivity index (χ1v) is 11.9. The van der Waals surface area contributed by atoms with Crippen LogP contribution < -0.4 is 0 Å². The third-order valence-corrected chi connectivity index (χ3v) is 7.04. The molecule has 0 aromatic heterocycles. The largest absolute Gasteiger partial charge is 0.393 e. The van der Waals surface area contributed by atoms with Gasteiger partial charge in [-0.1, -0.05) is 91.0 Å². The fraction of sp³-hybridized carbons (Fsp3) is 0.241. The van der Waals surface area contributed by atoms with Crippen LogP contribution in [0.1, 0.15) is 38.0 Å². The zero-order valence-corrected chi connectivity index (χ0v) is 20.7. The number of ether oxygens (including phenoxy) is 1. The van der Waals surface area contributed by atoms with E-state index in [1.807, 2.05) is 0 Å². The van der Waals surface area contributed by atoms with Crippen molar-refractivity contribution in [2.45, 2.75) is 35.6 Å². The molecule has 0 aliphatic carbocycles. The Hall–Kier alpha value is -3.90. The molecule has 0 amide bonds. The SMILES string of the molecule is CC(=O)C1(O)O[C@@H]([C@@](O)(CO)C(=O)c2ccccc2)[C@](O)(C(=O)c2ccccc2)[C@@]1(O)C(=O)c1ccccc1. The van der Waals surface area contributed by atoms with Gasteiger partial charge in [-0.15, -0.1) is 0 Å². The second kappa shape index (κ2) is 10.0. The van der Waals surface area contributed by atoms with Gasteiger partial charge in [-0.05, 0) is 0 Å². The lowest BCUT2D eigenvalue weighted by molar-refractivity contribution is -0.247. The van der Waals surface area contributed by atoms with E-state index in [0.29, 0.717) is 0 Å². The summed E-state index contributed by atoms with van der Waals surface area (Å²) in [6.45, 7) is -0.782. The minimum atomic E-state index is -3.80. The van der Waals surface area contributed by atoms with E-state index >= 15 is 0 Å². The van der Waals surface area contributed by atoms with Gasteiger partial charge < -0.3 is 30.3 Å². The maximum Gasteiger partial charge on any atom is 0.267 e. The number of carbonyl (C=O) groups excluding carboxylic acids is 4. The van der Waals surface area contributed by atoms with Crippen LogP contribution in [0.15, 0.2) is 91.0 Å². The molecule has 0 bridgehead atoms. The zero-order chi connectivity index (χ0) is 28.6. The van der Waals surface area contributed by atoms with Gasteiger partial charge in [0, 0.05) is 23.6 Å². The van der Waals surface area contributed by atoms with Crippen molar-refractivity contribution in [1.29, 1.82) is 0 Å². The fourth-order valence-corrected chi connectivity index (χ4v) is 4.90. The molecule has 1 fully saturated rings. The van der Waals surface area contributed by atoms with E-state index in [0.717, 1.165) is 6.92 Å². The van der Waals surface area contributed by atoms with Gasteiger partial charge in [-0.2, -0.15) is 0 Å². The summed E-state index contributed by atoms with van der Waals surface area (Å²) in [5.74, 6) is -9.34. The standard InChI is InChI=1S/C29H26O10/c1-18(31)29(38)28(37,24(34)21-15-9-4-10-16-21)27(36,23(33)20-13-7-3-8-14-20)25(39-29)26(35,17-30)22(32)19-11-5-2-6-12-19/h2-16,25,30,35-38H,17H2,1H3/t25-,26+,27+,28-,29?/m0/s1. The predicted octanol–water partition coefficient (Wildman–Crippen LogP) is 0.497.